The summed E-state index contributed by atoms with van der Waals surface area (Å²) in [5, 5.41) is 0.659. The molecule has 0 amide bonds. The minimum atomic E-state index is -3.76. The summed E-state index contributed by atoms with van der Waals surface area (Å²) < 4.78 is 30.7. The van der Waals surface area contributed by atoms with Crippen molar-refractivity contribution >= 4 is 30.6 Å². The van der Waals surface area contributed by atoms with Crippen LogP contribution in [-0.4, -0.2) is 26.2 Å². The Balaban J connectivity index is 2.61. The zero-order valence-electron chi connectivity index (χ0n) is 10.9. The average molecular weight is 302 g/mol. The van der Waals surface area contributed by atoms with Crippen molar-refractivity contribution in [2.24, 2.45) is 0 Å². The van der Waals surface area contributed by atoms with E-state index in [1.54, 1.807) is 19.1 Å². The Bertz CT molecular complexity index is 691. The fourth-order valence-corrected chi connectivity index (χ4v) is 3.78. The zero-order valence-corrected chi connectivity index (χ0v) is 12.5. The van der Waals surface area contributed by atoms with Crippen molar-refractivity contribution in [3.63, 3.8) is 0 Å². The van der Waals surface area contributed by atoms with Gasteiger partial charge in [-0.2, -0.15) is 0 Å². The number of nitrogens with zero attached hydrogens (tertiary/aromatic N) is 1. The van der Waals surface area contributed by atoms with Gasteiger partial charge in [-0.05, 0) is 19.9 Å². The fraction of sp³-hybridized carbons (Fsp3) is 0.385. The van der Waals surface area contributed by atoms with Gasteiger partial charge in [0.2, 0.25) is 0 Å². The maximum Gasteiger partial charge on any atom is 0.263 e. The van der Waals surface area contributed by atoms with Crippen LogP contribution >= 0.6 is 10.7 Å². The van der Waals surface area contributed by atoms with Gasteiger partial charge >= 0.3 is 0 Å². The Labute approximate surface area is 117 Å². The molecule has 1 aromatic carbocycles. The van der Waals surface area contributed by atoms with Gasteiger partial charge in [0, 0.05) is 40.4 Å². The monoisotopic (exact) mass is 301 g/mol. The quantitative estimate of drug-likeness (QED) is 0.630. The number of ether oxygens (including phenoxy) is 1. The molecule has 2 rings (SSSR count). The lowest BCUT2D eigenvalue weighted by atomic mass is 10.2. The summed E-state index contributed by atoms with van der Waals surface area (Å²) in [5.41, 5.74) is 1.51. The molecule has 19 heavy (non-hydrogen) atoms. The molecule has 0 unspecified atom stereocenters. The predicted molar refractivity (Wildman–Crippen MR) is 76.2 cm³/mol. The lowest BCUT2D eigenvalue weighted by Gasteiger charge is -2.08. The molecular formula is C13H16ClNO3S. The Morgan fingerprint density at radius 1 is 1.32 bits per heavy atom. The first-order valence-corrected chi connectivity index (χ1v) is 8.38. The summed E-state index contributed by atoms with van der Waals surface area (Å²) in [6, 6.07) is 7.35. The summed E-state index contributed by atoms with van der Waals surface area (Å²) in [6.07, 6.45) is 0. The molecular weight excluding hydrogens is 286 g/mol. The van der Waals surface area contributed by atoms with Gasteiger partial charge in [0.25, 0.3) is 9.05 Å². The van der Waals surface area contributed by atoms with E-state index in [1.165, 1.54) is 0 Å². The second-order valence-electron chi connectivity index (χ2n) is 4.22. The molecule has 0 bridgehead atoms. The van der Waals surface area contributed by atoms with E-state index in [2.05, 4.69) is 0 Å². The first kappa shape index (κ1) is 14.4. The Morgan fingerprint density at radius 3 is 2.63 bits per heavy atom. The smallest absolute Gasteiger partial charge is 0.263 e. The number of aromatic nitrogens is 1. The highest BCUT2D eigenvalue weighted by molar-refractivity contribution is 8.14. The van der Waals surface area contributed by atoms with Crippen LogP contribution in [0.3, 0.4) is 0 Å². The first-order chi connectivity index (χ1) is 8.96. The molecule has 0 atom stereocenters. The van der Waals surface area contributed by atoms with Crippen LogP contribution in [0.5, 0.6) is 0 Å². The van der Waals surface area contributed by atoms with Crippen LogP contribution in [-0.2, 0) is 20.3 Å². The number of halogens is 1. The number of rotatable bonds is 5. The second kappa shape index (κ2) is 5.53. The summed E-state index contributed by atoms with van der Waals surface area (Å²) in [7, 11) is 1.79. The van der Waals surface area contributed by atoms with Crippen LogP contribution < -0.4 is 0 Å². The molecule has 0 N–H and O–H groups in total. The molecule has 2 aromatic rings. The second-order valence-corrected chi connectivity index (χ2v) is 6.72. The topological polar surface area (TPSA) is 48.3 Å². The van der Waals surface area contributed by atoms with Crippen molar-refractivity contribution in [3.8, 4) is 0 Å². The first-order valence-electron chi connectivity index (χ1n) is 6.07. The van der Waals surface area contributed by atoms with Crippen LogP contribution in [0.25, 0.3) is 10.9 Å². The molecule has 0 saturated carbocycles. The number of benzene rings is 1. The van der Waals surface area contributed by atoms with E-state index in [-0.39, 0.29) is 4.90 Å². The summed E-state index contributed by atoms with van der Waals surface area (Å²) in [4.78, 5) is 0.196. The summed E-state index contributed by atoms with van der Waals surface area (Å²) in [6.45, 7) is 5.47. The number of hydrogen-bond donors (Lipinski definition) is 0. The maximum atomic E-state index is 11.7. The van der Waals surface area contributed by atoms with Gasteiger partial charge in [-0.25, -0.2) is 8.42 Å². The van der Waals surface area contributed by atoms with E-state index in [0.29, 0.717) is 30.8 Å². The third kappa shape index (κ3) is 2.78. The number of hydrogen-bond acceptors (Lipinski definition) is 3. The molecule has 0 aliphatic rings. The van der Waals surface area contributed by atoms with Crippen LogP contribution in [0.2, 0.25) is 0 Å². The minimum Gasteiger partial charge on any atom is -0.380 e. The average Bonchev–Trinajstić information content (AvgIpc) is 2.62. The molecule has 4 nitrogen and oxygen atoms in total. The van der Waals surface area contributed by atoms with E-state index in [9.17, 15) is 8.42 Å². The Hall–Kier alpha value is -1.04. The van der Waals surface area contributed by atoms with Crippen molar-refractivity contribution in [2.45, 2.75) is 25.3 Å². The van der Waals surface area contributed by atoms with Crippen LogP contribution in [0.4, 0.5) is 0 Å². The van der Waals surface area contributed by atoms with Gasteiger partial charge in [0.1, 0.15) is 4.90 Å². The normalized spacial score (nSPS) is 12.2. The number of para-hydroxylation sites is 1. The van der Waals surface area contributed by atoms with Gasteiger partial charge < -0.3 is 9.30 Å². The highest BCUT2D eigenvalue weighted by atomic mass is 35.7. The minimum absolute atomic E-state index is 0.196. The van der Waals surface area contributed by atoms with E-state index in [0.717, 1.165) is 5.52 Å². The van der Waals surface area contributed by atoms with Crippen molar-refractivity contribution < 1.29 is 13.2 Å². The maximum absolute atomic E-state index is 11.7. The van der Waals surface area contributed by atoms with Gasteiger partial charge in [0.15, 0.2) is 0 Å². The highest BCUT2D eigenvalue weighted by Gasteiger charge is 2.22. The van der Waals surface area contributed by atoms with Gasteiger partial charge in [-0.1, -0.05) is 18.2 Å². The van der Waals surface area contributed by atoms with Gasteiger partial charge in [-0.3, -0.25) is 0 Å². The lowest BCUT2D eigenvalue weighted by molar-refractivity contribution is 0.139. The molecule has 0 aliphatic heterocycles. The fourth-order valence-electron chi connectivity index (χ4n) is 2.30. The number of fused-ring (bicyclic) bond motifs is 1. The van der Waals surface area contributed by atoms with Crippen molar-refractivity contribution in [1.82, 2.24) is 4.57 Å². The van der Waals surface area contributed by atoms with E-state index < -0.39 is 9.05 Å². The molecule has 0 fully saturated rings. The standard InChI is InChI=1S/C13H16ClNO3S/c1-3-18-9-8-15-10(2)13(19(14,16)17)11-6-4-5-7-12(11)15/h4-7H,3,8-9H2,1-2H3. The summed E-state index contributed by atoms with van der Waals surface area (Å²) in [5.74, 6) is 0. The SMILES string of the molecule is CCOCCn1c(C)c(S(=O)(=O)Cl)c2ccccc21. The van der Waals surface area contributed by atoms with Crippen molar-refractivity contribution in [3.05, 3.63) is 30.0 Å². The third-order valence-corrected chi connectivity index (χ3v) is 4.55. The molecule has 1 heterocycles. The third-order valence-electron chi connectivity index (χ3n) is 3.08. The highest BCUT2D eigenvalue weighted by Crippen LogP contribution is 2.31. The lowest BCUT2D eigenvalue weighted by Crippen LogP contribution is -2.07. The van der Waals surface area contributed by atoms with Crippen LogP contribution in [0.15, 0.2) is 29.2 Å². The van der Waals surface area contributed by atoms with E-state index in [1.807, 2.05) is 23.6 Å². The molecule has 0 aliphatic carbocycles. The van der Waals surface area contributed by atoms with Crippen molar-refractivity contribution in [2.75, 3.05) is 13.2 Å². The molecule has 0 saturated heterocycles. The van der Waals surface area contributed by atoms with Gasteiger partial charge in [0.05, 0.1) is 6.61 Å². The summed E-state index contributed by atoms with van der Waals surface area (Å²) >= 11 is 0. The largest absolute Gasteiger partial charge is 0.380 e. The Morgan fingerprint density at radius 2 is 2.00 bits per heavy atom. The predicted octanol–water partition coefficient (Wildman–Crippen LogP) is 2.91. The van der Waals surface area contributed by atoms with Crippen molar-refractivity contribution in [1.29, 1.82) is 0 Å². The van der Waals surface area contributed by atoms with Crippen LogP contribution in [0, 0.1) is 6.92 Å². The molecule has 0 spiro atoms. The molecule has 6 heteroatoms. The van der Waals surface area contributed by atoms with Gasteiger partial charge in [-0.15, -0.1) is 0 Å². The molecule has 1 aromatic heterocycles. The Kier molecular flexibility index (Phi) is 4.18. The van der Waals surface area contributed by atoms with E-state index >= 15 is 0 Å². The molecule has 0 radical (unpaired) electrons. The zero-order chi connectivity index (χ0) is 14.0. The van der Waals surface area contributed by atoms with E-state index in [4.69, 9.17) is 15.4 Å². The molecule has 104 valence electrons. The van der Waals surface area contributed by atoms with Crippen LogP contribution in [0.1, 0.15) is 12.6 Å².